The van der Waals surface area contributed by atoms with E-state index in [2.05, 4.69) is 29.7 Å². The molecule has 0 unspecified atom stereocenters. The maximum absolute atomic E-state index is 12.7. The predicted molar refractivity (Wildman–Crippen MR) is 123 cm³/mol. The molecule has 5 heteroatoms. The summed E-state index contributed by atoms with van der Waals surface area (Å²) in [5.74, 6) is 0.104. The van der Waals surface area contributed by atoms with E-state index in [-0.39, 0.29) is 17.7 Å². The van der Waals surface area contributed by atoms with Gasteiger partial charge >= 0.3 is 0 Å². The van der Waals surface area contributed by atoms with Crippen molar-refractivity contribution in [2.75, 3.05) is 11.9 Å². The van der Waals surface area contributed by atoms with Crippen LogP contribution in [0.3, 0.4) is 0 Å². The fourth-order valence-electron chi connectivity index (χ4n) is 3.31. The molecule has 3 aromatic carbocycles. The lowest BCUT2D eigenvalue weighted by Gasteiger charge is -2.20. The molecular formula is C26H28N2O3. The lowest BCUT2D eigenvalue weighted by Crippen LogP contribution is -2.38. The summed E-state index contributed by atoms with van der Waals surface area (Å²) < 4.78 is 5.86. The van der Waals surface area contributed by atoms with Gasteiger partial charge in [-0.15, -0.1) is 0 Å². The molecule has 0 bridgehead atoms. The quantitative estimate of drug-likeness (QED) is 0.515. The minimum atomic E-state index is -0.737. The normalized spacial score (nSPS) is 12.5. The highest BCUT2D eigenvalue weighted by Gasteiger charge is 2.20. The van der Waals surface area contributed by atoms with Crippen LogP contribution in [-0.4, -0.2) is 24.5 Å². The van der Waals surface area contributed by atoms with Gasteiger partial charge in [0.1, 0.15) is 5.75 Å². The predicted octanol–water partition coefficient (Wildman–Crippen LogP) is 5.02. The van der Waals surface area contributed by atoms with E-state index < -0.39 is 6.10 Å². The number of carbonyl (C=O) groups is 2. The molecule has 0 heterocycles. The van der Waals surface area contributed by atoms with Gasteiger partial charge in [-0.25, -0.2) is 0 Å². The van der Waals surface area contributed by atoms with Crippen LogP contribution in [0.15, 0.2) is 84.9 Å². The molecule has 0 radical (unpaired) electrons. The summed E-state index contributed by atoms with van der Waals surface area (Å²) in [7, 11) is 0. The number of nitrogens with one attached hydrogen (secondary N) is 2. The number of carbonyl (C=O) groups excluding carboxylic acids is 2. The van der Waals surface area contributed by atoms with E-state index in [9.17, 15) is 9.59 Å². The Labute approximate surface area is 183 Å². The number of ether oxygens (including phenoxy) is 1. The molecule has 0 aliphatic rings. The van der Waals surface area contributed by atoms with E-state index >= 15 is 0 Å². The number of hydrogen-bond donors (Lipinski definition) is 2. The summed E-state index contributed by atoms with van der Waals surface area (Å²) in [4.78, 5) is 25.3. The molecule has 160 valence electrons. The Bertz CT molecular complexity index is 990. The zero-order valence-electron chi connectivity index (χ0n) is 17.9. The molecule has 0 aliphatic heterocycles. The maximum Gasteiger partial charge on any atom is 0.260 e. The van der Waals surface area contributed by atoms with E-state index in [1.807, 2.05) is 48.5 Å². The van der Waals surface area contributed by atoms with Gasteiger partial charge in [-0.05, 0) is 43.2 Å². The summed E-state index contributed by atoms with van der Waals surface area (Å²) in [6, 6.07) is 26.3. The first-order valence-electron chi connectivity index (χ1n) is 10.5. The molecule has 3 rings (SSSR count). The molecule has 0 aliphatic carbocycles. The highest BCUT2D eigenvalue weighted by molar-refractivity contribution is 6.06. The van der Waals surface area contributed by atoms with E-state index in [1.54, 1.807) is 31.2 Å². The van der Waals surface area contributed by atoms with Crippen LogP contribution in [0.25, 0.3) is 0 Å². The Morgan fingerprint density at radius 1 is 0.871 bits per heavy atom. The lowest BCUT2D eigenvalue weighted by molar-refractivity contribution is -0.127. The van der Waals surface area contributed by atoms with Gasteiger partial charge in [0.2, 0.25) is 0 Å². The van der Waals surface area contributed by atoms with Crippen LogP contribution < -0.4 is 15.4 Å². The van der Waals surface area contributed by atoms with Crippen molar-refractivity contribution in [3.05, 3.63) is 96.1 Å². The molecule has 31 heavy (non-hydrogen) atoms. The molecule has 0 spiro atoms. The Balaban J connectivity index is 1.61. The van der Waals surface area contributed by atoms with Crippen molar-refractivity contribution in [3.63, 3.8) is 0 Å². The summed E-state index contributed by atoms with van der Waals surface area (Å²) in [5.41, 5.74) is 2.27. The molecule has 3 aromatic rings. The third kappa shape index (κ3) is 6.19. The van der Waals surface area contributed by atoms with Gasteiger partial charge < -0.3 is 15.4 Å². The third-order valence-electron chi connectivity index (χ3n) is 5.12. The fraction of sp³-hybridized carbons (Fsp3) is 0.231. The highest BCUT2D eigenvalue weighted by Crippen LogP contribution is 2.22. The van der Waals surface area contributed by atoms with E-state index in [4.69, 9.17) is 4.74 Å². The van der Waals surface area contributed by atoms with E-state index in [1.165, 1.54) is 5.56 Å². The number of hydrogen-bond acceptors (Lipinski definition) is 3. The number of rotatable bonds is 9. The van der Waals surface area contributed by atoms with Gasteiger partial charge in [0.05, 0.1) is 5.56 Å². The van der Waals surface area contributed by atoms with Gasteiger partial charge in [0.15, 0.2) is 6.10 Å². The molecule has 2 N–H and O–H groups in total. The van der Waals surface area contributed by atoms with Crippen molar-refractivity contribution >= 4 is 17.5 Å². The molecule has 2 atom stereocenters. The van der Waals surface area contributed by atoms with E-state index in [0.717, 1.165) is 6.42 Å². The summed E-state index contributed by atoms with van der Waals surface area (Å²) >= 11 is 0. The van der Waals surface area contributed by atoms with Gasteiger partial charge in [-0.3, -0.25) is 9.59 Å². The Morgan fingerprint density at radius 2 is 1.48 bits per heavy atom. The first-order chi connectivity index (χ1) is 15.1. The van der Waals surface area contributed by atoms with E-state index in [0.29, 0.717) is 23.5 Å². The number of benzene rings is 3. The molecular weight excluding hydrogens is 388 g/mol. The fourth-order valence-corrected chi connectivity index (χ4v) is 3.31. The van der Waals surface area contributed by atoms with Crippen LogP contribution in [0.5, 0.6) is 5.75 Å². The average Bonchev–Trinajstić information content (AvgIpc) is 2.81. The number of para-hydroxylation sites is 2. The van der Waals surface area contributed by atoms with Crippen molar-refractivity contribution < 1.29 is 14.3 Å². The monoisotopic (exact) mass is 416 g/mol. The minimum absolute atomic E-state index is 0.215. The van der Waals surface area contributed by atoms with Crippen LogP contribution in [-0.2, 0) is 4.79 Å². The lowest BCUT2D eigenvalue weighted by atomic mass is 9.96. The highest BCUT2D eigenvalue weighted by atomic mass is 16.5. The molecule has 5 nitrogen and oxygen atoms in total. The second kappa shape index (κ2) is 11.0. The SMILES string of the molecule is CC[C@@H](CNC(=O)[C@@H](C)Oc1ccccc1C(=O)Nc1ccccc1)c1ccccc1. The standard InChI is InChI=1S/C26H28N2O3/c1-3-20(21-12-6-4-7-13-21)18-27-25(29)19(2)31-24-17-11-10-16-23(24)26(30)28-22-14-8-5-9-15-22/h4-17,19-20H,3,18H2,1-2H3,(H,27,29)(H,28,30)/t19-,20+/m1/s1. The minimum Gasteiger partial charge on any atom is -0.480 e. The molecule has 0 saturated carbocycles. The van der Waals surface area contributed by atoms with Crippen LogP contribution in [0.2, 0.25) is 0 Å². The largest absolute Gasteiger partial charge is 0.480 e. The molecule has 0 saturated heterocycles. The Hall–Kier alpha value is -3.60. The van der Waals surface area contributed by atoms with Crippen molar-refractivity contribution in [2.24, 2.45) is 0 Å². The van der Waals surface area contributed by atoms with Crippen LogP contribution in [0, 0.1) is 0 Å². The number of amides is 2. The van der Waals surface area contributed by atoms with Crippen molar-refractivity contribution in [1.29, 1.82) is 0 Å². The van der Waals surface area contributed by atoms with Gasteiger partial charge in [-0.1, -0.05) is 67.6 Å². The summed E-state index contributed by atoms with van der Waals surface area (Å²) in [6.45, 7) is 4.32. The smallest absolute Gasteiger partial charge is 0.260 e. The van der Waals surface area contributed by atoms with Crippen molar-refractivity contribution in [2.45, 2.75) is 32.3 Å². The van der Waals surface area contributed by atoms with Crippen LogP contribution in [0.4, 0.5) is 5.69 Å². The van der Waals surface area contributed by atoms with Crippen LogP contribution in [0.1, 0.15) is 42.1 Å². The van der Waals surface area contributed by atoms with Gasteiger partial charge in [0, 0.05) is 18.2 Å². The maximum atomic E-state index is 12.7. The summed E-state index contributed by atoms with van der Waals surface area (Å²) in [5, 5.41) is 5.82. The zero-order valence-corrected chi connectivity index (χ0v) is 17.9. The second-order valence-electron chi connectivity index (χ2n) is 7.34. The second-order valence-corrected chi connectivity index (χ2v) is 7.34. The van der Waals surface area contributed by atoms with Gasteiger partial charge in [-0.2, -0.15) is 0 Å². The third-order valence-corrected chi connectivity index (χ3v) is 5.12. The summed E-state index contributed by atoms with van der Waals surface area (Å²) in [6.07, 6.45) is 0.182. The zero-order chi connectivity index (χ0) is 22.1. The Kier molecular flexibility index (Phi) is 7.82. The number of anilines is 1. The van der Waals surface area contributed by atoms with Crippen molar-refractivity contribution in [1.82, 2.24) is 5.32 Å². The topological polar surface area (TPSA) is 67.4 Å². The first kappa shape index (κ1) is 22.1. The molecule has 2 amide bonds. The van der Waals surface area contributed by atoms with Gasteiger partial charge in [0.25, 0.3) is 11.8 Å². The average molecular weight is 417 g/mol. The van der Waals surface area contributed by atoms with Crippen LogP contribution >= 0.6 is 0 Å². The molecule has 0 aromatic heterocycles. The first-order valence-corrected chi connectivity index (χ1v) is 10.5. The Morgan fingerprint density at radius 3 is 2.16 bits per heavy atom. The van der Waals surface area contributed by atoms with Crippen molar-refractivity contribution in [3.8, 4) is 5.75 Å². The molecule has 0 fully saturated rings.